The van der Waals surface area contributed by atoms with Crippen LogP contribution in [0.5, 0.6) is 0 Å². The van der Waals surface area contributed by atoms with Crippen LogP contribution in [0.4, 0.5) is 0 Å². The maximum atomic E-state index is 12.4. The number of aromatic nitrogens is 1. The molecule has 1 saturated heterocycles. The van der Waals surface area contributed by atoms with Gasteiger partial charge < -0.3 is 14.4 Å². The number of ketones is 1. The number of benzene rings is 2. The van der Waals surface area contributed by atoms with E-state index in [1.165, 1.54) is 0 Å². The molecule has 1 aliphatic heterocycles. The fraction of sp³-hybridized carbons (Fsp3) is 0.292. The van der Waals surface area contributed by atoms with Crippen molar-refractivity contribution in [3.8, 4) is 0 Å². The van der Waals surface area contributed by atoms with E-state index in [1.54, 1.807) is 6.08 Å². The summed E-state index contributed by atoms with van der Waals surface area (Å²) < 4.78 is 7.45. The predicted molar refractivity (Wildman–Crippen MR) is 115 cm³/mol. The number of carbonyl (C=O) groups is 1. The van der Waals surface area contributed by atoms with Crippen molar-refractivity contribution < 1.29 is 14.6 Å². The van der Waals surface area contributed by atoms with Gasteiger partial charge in [-0.25, -0.2) is 0 Å². The highest BCUT2D eigenvalue weighted by Gasteiger charge is 2.16. The predicted octanol–water partition coefficient (Wildman–Crippen LogP) is 3.23. The summed E-state index contributed by atoms with van der Waals surface area (Å²) >= 11 is 0. The number of ether oxygens (including phenoxy) is 1. The van der Waals surface area contributed by atoms with Crippen molar-refractivity contribution >= 4 is 22.8 Å². The van der Waals surface area contributed by atoms with Crippen molar-refractivity contribution in [3.05, 3.63) is 78.0 Å². The molecule has 0 amide bonds. The molecular weight excluding hydrogens is 364 g/mol. The van der Waals surface area contributed by atoms with Gasteiger partial charge in [-0.3, -0.25) is 9.69 Å². The fourth-order valence-corrected chi connectivity index (χ4v) is 3.79. The Morgan fingerprint density at radius 3 is 2.55 bits per heavy atom. The molecule has 150 valence electrons. The van der Waals surface area contributed by atoms with Crippen molar-refractivity contribution in [1.82, 2.24) is 9.47 Å². The van der Waals surface area contributed by atoms with Crippen LogP contribution in [-0.4, -0.2) is 59.3 Å². The van der Waals surface area contributed by atoms with Crippen molar-refractivity contribution in [2.45, 2.75) is 12.6 Å². The lowest BCUT2D eigenvalue weighted by molar-refractivity contribution is 0.0117. The summed E-state index contributed by atoms with van der Waals surface area (Å²) in [6.07, 6.45) is 5.03. The summed E-state index contributed by atoms with van der Waals surface area (Å²) in [7, 11) is 0. The molecule has 0 unspecified atom stereocenters. The smallest absolute Gasteiger partial charge is 0.185 e. The van der Waals surface area contributed by atoms with Gasteiger partial charge in [-0.15, -0.1) is 0 Å². The zero-order chi connectivity index (χ0) is 20.1. The average molecular weight is 390 g/mol. The van der Waals surface area contributed by atoms with Gasteiger partial charge in [-0.1, -0.05) is 48.5 Å². The molecule has 0 aliphatic carbocycles. The Labute approximate surface area is 170 Å². The number of rotatable bonds is 7. The van der Waals surface area contributed by atoms with E-state index < -0.39 is 6.10 Å². The van der Waals surface area contributed by atoms with Crippen LogP contribution in [0.15, 0.2) is 66.9 Å². The Morgan fingerprint density at radius 1 is 1.03 bits per heavy atom. The molecule has 2 heterocycles. The molecule has 1 aliphatic rings. The Hall–Kier alpha value is -2.73. The monoisotopic (exact) mass is 390 g/mol. The number of fused-ring (bicyclic) bond motifs is 1. The van der Waals surface area contributed by atoms with E-state index >= 15 is 0 Å². The second kappa shape index (κ2) is 9.18. The van der Waals surface area contributed by atoms with E-state index in [1.807, 2.05) is 66.9 Å². The van der Waals surface area contributed by atoms with Gasteiger partial charge in [0.15, 0.2) is 5.78 Å². The first kappa shape index (κ1) is 19.6. The number of carbonyl (C=O) groups excluding carboxylic acids is 1. The molecule has 0 spiro atoms. The Morgan fingerprint density at radius 2 is 1.76 bits per heavy atom. The minimum absolute atomic E-state index is 0.0187. The number of aliphatic hydroxyl groups is 1. The zero-order valence-electron chi connectivity index (χ0n) is 16.4. The van der Waals surface area contributed by atoms with Crippen LogP contribution in [0.2, 0.25) is 0 Å². The van der Waals surface area contributed by atoms with E-state index in [9.17, 15) is 9.90 Å². The summed E-state index contributed by atoms with van der Waals surface area (Å²) in [6.45, 7) is 4.32. The number of morpholine rings is 1. The van der Waals surface area contributed by atoms with Crippen LogP contribution in [0, 0.1) is 0 Å². The molecule has 2 aromatic carbocycles. The maximum absolute atomic E-state index is 12.4. The van der Waals surface area contributed by atoms with Crippen molar-refractivity contribution in [2.24, 2.45) is 0 Å². The first-order valence-corrected chi connectivity index (χ1v) is 10.0. The number of nitrogens with zero attached hydrogens (tertiary/aromatic N) is 2. The molecule has 29 heavy (non-hydrogen) atoms. The van der Waals surface area contributed by atoms with Crippen LogP contribution in [0.1, 0.15) is 15.9 Å². The lowest BCUT2D eigenvalue weighted by Crippen LogP contribution is -2.41. The van der Waals surface area contributed by atoms with Gasteiger partial charge in [0.25, 0.3) is 0 Å². The minimum atomic E-state index is -0.466. The van der Waals surface area contributed by atoms with E-state index in [2.05, 4.69) is 9.47 Å². The van der Waals surface area contributed by atoms with Crippen molar-refractivity contribution in [2.75, 3.05) is 32.8 Å². The maximum Gasteiger partial charge on any atom is 0.185 e. The minimum Gasteiger partial charge on any atom is -0.390 e. The van der Waals surface area contributed by atoms with Gasteiger partial charge in [0.1, 0.15) is 0 Å². The molecular formula is C24H26N2O3. The lowest BCUT2D eigenvalue weighted by Gasteiger charge is -2.28. The molecule has 3 aromatic rings. The summed E-state index contributed by atoms with van der Waals surface area (Å²) in [6, 6.07) is 17.3. The molecule has 0 bridgehead atoms. The number of hydrogen-bond acceptors (Lipinski definition) is 4. The number of β-amino-alcohol motifs (C(OH)–C–C–N with tert-alkyl or cyclic N) is 1. The van der Waals surface area contributed by atoms with E-state index in [-0.39, 0.29) is 5.78 Å². The second-order valence-corrected chi connectivity index (χ2v) is 7.38. The first-order chi connectivity index (χ1) is 14.2. The molecule has 1 atom stereocenters. The third kappa shape index (κ3) is 4.82. The molecule has 5 heteroatoms. The third-order valence-electron chi connectivity index (χ3n) is 5.27. The fourth-order valence-electron chi connectivity index (χ4n) is 3.79. The topological polar surface area (TPSA) is 54.7 Å². The van der Waals surface area contributed by atoms with E-state index in [4.69, 9.17) is 4.74 Å². The van der Waals surface area contributed by atoms with E-state index in [0.29, 0.717) is 18.7 Å². The van der Waals surface area contributed by atoms with Crippen LogP contribution in [0.3, 0.4) is 0 Å². The van der Waals surface area contributed by atoms with Crippen LogP contribution < -0.4 is 0 Å². The standard InChI is InChI=1S/C24H26N2O3/c27-21(17-25-12-14-29-15-13-25)18-26-16-20(22-8-4-5-9-23(22)26)10-11-24(28)19-6-2-1-3-7-19/h1-11,16,21,27H,12-15,17-18H2/b11-10+/t21-/m1/s1. The Balaban J connectivity index is 1.52. The van der Waals surface area contributed by atoms with Crippen molar-refractivity contribution in [3.63, 3.8) is 0 Å². The second-order valence-electron chi connectivity index (χ2n) is 7.38. The van der Waals surface area contributed by atoms with Gasteiger partial charge in [-0.05, 0) is 18.2 Å². The summed E-state index contributed by atoms with van der Waals surface area (Å²) in [5.74, 6) is -0.0187. The largest absolute Gasteiger partial charge is 0.390 e. The van der Waals surface area contributed by atoms with Crippen LogP contribution in [-0.2, 0) is 11.3 Å². The number of para-hydroxylation sites is 1. The van der Waals surface area contributed by atoms with Gasteiger partial charge >= 0.3 is 0 Å². The average Bonchev–Trinajstić information content (AvgIpc) is 3.11. The number of allylic oxidation sites excluding steroid dienone is 1. The summed E-state index contributed by atoms with van der Waals surface area (Å²) in [5, 5.41) is 11.7. The molecule has 0 saturated carbocycles. The lowest BCUT2D eigenvalue weighted by atomic mass is 10.1. The normalized spacial score (nSPS) is 16.4. The molecule has 1 aromatic heterocycles. The van der Waals surface area contributed by atoms with E-state index in [0.717, 1.165) is 42.8 Å². The summed E-state index contributed by atoms with van der Waals surface area (Å²) in [4.78, 5) is 14.6. The van der Waals surface area contributed by atoms with Gasteiger partial charge in [0.05, 0.1) is 19.3 Å². The van der Waals surface area contributed by atoms with Crippen LogP contribution in [0.25, 0.3) is 17.0 Å². The molecule has 1 fully saturated rings. The third-order valence-corrected chi connectivity index (χ3v) is 5.27. The molecule has 5 nitrogen and oxygen atoms in total. The molecule has 0 radical (unpaired) electrons. The quantitative estimate of drug-likeness (QED) is 0.497. The number of hydrogen-bond donors (Lipinski definition) is 1. The highest BCUT2D eigenvalue weighted by atomic mass is 16.5. The Kier molecular flexibility index (Phi) is 6.20. The van der Waals surface area contributed by atoms with Gasteiger partial charge in [-0.2, -0.15) is 0 Å². The Bertz CT molecular complexity index is 988. The highest BCUT2D eigenvalue weighted by molar-refractivity contribution is 6.07. The van der Waals surface area contributed by atoms with Gasteiger partial charge in [0.2, 0.25) is 0 Å². The van der Waals surface area contributed by atoms with Gasteiger partial charge in [0, 0.05) is 54.4 Å². The van der Waals surface area contributed by atoms with Crippen molar-refractivity contribution in [1.29, 1.82) is 0 Å². The van der Waals surface area contributed by atoms with Crippen LogP contribution >= 0.6 is 0 Å². The molecule has 1 N–H and O–H groups in total. The first-order valence-electron chi connectivity index (χ1n) is 10.0. The summed E-state index contributed by atoms with van der Waals surface area (Å²) in [5.41, 5.74) is 2.71. The molecule has 4 rings (SSSR count). The SMILES string of the molecule is O=C(/C=C/c1cn(C[C@H](O)CN2CCOCC2)c2ccccc12)c1ccccc1. The zero-order valence-corrected chi connectivity index (χ0v) is 16.4. The highest BCUT2D eigenvalue weighted by Crippen LogP contribution is 2.23. The number of aliphatic hydroxyl groups excluding tert-OH is 1.